The Morgan fingerprint density at radius 3 is 2.54 bits per heavy atom. The third-order valence-corrected chi connectivity index (χ3v) is 5.42. The molecule has 0 aromatic heterocycles. The van der Waals surface area contributed by atoms with Crippen LogP contribution in [0.4, 0.5) is 11.4 Å². The molecule has 8 heteroatoms. The lowest BCUT2D eigenvalue weighted by molar-refractivity contribution is -0.122. The topological polar surface area (TPSA) is 75.7 Å². The van der Waals surface area contributed by atoms with Crippen molar-refractivity contribution >= 4 is 38.9 Å². The molecule has 0 radical (unpaired) electrons. The quantitative estimate of drug-likeness (QED) is 0.811. The summed E-state index contributed by atoms with van der Waals surface area (Å²) < 4.78 is 30.1. The molecule has 2 aromatic carbocycles. The minimum atomic E-state index is -3.38. The van der Waals surface area contributed by atoms with E-state index in [0.29, 0.717) is 22.1 Å². The van der Waals surface area contributed by atoms with Crippen LogP contribution in [0.2, 0.25) is 5.02 Å². The summed E-state index contributed by atoms with van der Waals surface area (Å²) in [6.45, 7) is 3.48. The summed E-state index contributed by atoms with van der Waals surface area (Å²) in [4.78, 5) is 12.4. The smallest absolute Gasteiger partial charge is 0.265 e. The van der Waals surface area contributed by atoms with Crippen LogP contribution < -0.4 is 14.4 Å². The Balaban J connectivity index is 2.08. The Bertz CT molecular complexity index is 915. The number of hydrogen-bond acceptors (Lipinski definition) is 4. The number of nitrogens with one attached hydrogen (secondary N) is 1. The van der Waals surface area contributed by atoms with Crippen LogP contribution in [0.1, 0.15) is 12.5 Å². The van der Waals surface area contributed by atoms with Gasteiger partial charge < -0.3 is 10.1 Å². The first-order chi connectivity index (χ1) is 12.1. The highest BCUT2D eigenvalue weighted by Crippen LogP contribution is 2.23. The summed E-state index contributed by atoms with van der Waals surface area (Å²) in [7, 11) is -1.93. The van der Waals surface area contributed by atoms with E-state index in [1.54, 1.807) is 49.4 Å². The van der Waals surface area contributed by atoms with E-state index < -0.39 is 16.1 Å². The minimum Gasteiger partial charge on any atom is -0.481 e. The molecule has 0 aliphatic rings. The second kappa shape index (κ2) is 7.97. The van der Waals surface area contributed by atoms with Gasteiger partial charge in [-0.3, -0.25) is 9.10 Å². The number of halogens is 1. The van der Waals surface area contributed by atoms with Crippen molar-refractivity contribution in [1.82, 2.24) is 0 Å². The molecule has 1 atom stereocenters. The summed E-state index contributed by atoms with van der Waals surface area (Å²) in [5.41, 5.74) is 1.78. The van der Waals surface area contributed by atoms with Gasteiger partial charge in [0.25, 0.3) is 5.91 Å². The first kappa shape index (κ1) is 20.1. The summed E-state index contributed by atoms with van der Waals surface area (Å²) >= 11 is 5.98. The van der Waals surface area contributed by atoms with Gasteiger partial charge in [-0.15, -0.1) is 0 Å². The first-order valence-electron chi connectivity index (χ1n) is 7.85. The Hall–Kier alpha value is -2.25. The van der Waals surface area contributed by atoms with Gasteiger partial charge in [0.1, 0.15) is 5.75 Å². The Morgan fingerprint density at radius 2 is 1.92 bits per heavy atom. The van der Waals surface area contributed by atoms with Crippen molar-refractivity contribution in [3.05, 3.63) is 53.1 Å². The van der Waals surface area contributed by atoms with Crippen molar-refractivity contribution in [3.63, 3.8) is 0 Å². The van der Waals surface area contributed by atoms with Crippen LogP contribution in [0.3, 0.4) is 0 Å². The fraction of sp³-hybridized carbons (Fsp3) is 0.278. The van der Waals surface area contributed by atoms with Gasteiger partial charge in [0.05, 0.1) is 11.9 Å². The van der Waals surface area contributed by atoms with E-state index in [4.69, 9.17) is 16.3 Å². The van der Waals surface area contributed by atoms with Crippen LogP contribution in [0.25, 0.3) is 0 Å². The molecule has 0 aliphatic heterocycles. The minimum absolute atomic E-state index is 0.350. The Kier molecular flexibility index (Phi) is 6.15. The predicted octanol–water partition coefficient (Wildman–Crippen LogP) is 3.45. The lowest BCUT2D eigenvalue weighted by atomic mass is 10.2. The van der Waals surface area contributed by atoms with Crippen molar-refractivity contribution in [1.29, 1.82) is 0 Å². The van der Waals surface area contributed by atoms with Gasteiger partial charge in [0.15, 0.2) is 6.10 Å². The third-order valence-electron chi connectivity index (χ3n) is 3.79. The molecule has 140 valence electrons. The third kappa shape index (κ3) is 5.12. The lowest BCUT2D eigenvalue weighted by Gasteiger charge is -2.18. The number of ether oxygens (including phenoxy) is 1. The van der Waals surface area contributed by atoms with Crippen LogP contribution >= 0.6 is 11.6 Å². The van der Waals surface area contributed by atoms with E-state index in [1.165, 1.54) is 7.05 Å². The summed E-state index contributed by atoms with van der Waals surface area (Å²) in [6, 6.07) is 11.7. The highest BCUT2D eigenvalue weighted by atomic mass is 35.5. The molecule has 0 saturated carbocycles. The molecule has 2 aromatic rings. The number of nitrogens with zero attached hydrogens (tertiary/aromatic N) is 1. The van der Waals surface area contributed by atoms with Crippen LogP contribution in [-0.2, 0) is 14.8 Å². The zero-order chi connectivity index (χ0) is 19.5. The van der Waals surface area contributed by atoms with Gasteiger partial charge in [-0.25, -0.2) is 8.42 Å². The van der Waals surface area contributed by atoms with Crippen molar-refractivity contribution < 1.29 is 17.9 Å². The highest BCUT2D eigenvalue weighted by molar-refractivity contribution is 7.92. The van der Waals surface area contributed by atoms with Gasteiger partial charge in [0, 0.05) is 17.8 Å². The van der Waals surface area contributed by atoms with Gasteiger partial charge >= 0.3 is 0 Å². The van der Waals surface area contributed by atoms with Crippen LogP contribution in [0.15, 0.2) is 42.5 Å². The standard InChI is InChI=1S/C18H21ClN2O4S/c1-12-10-16(8-9-17(12)19)25-13(2)18(22)20-14-6-5-7-15(11-14)21(3)26(4,23)24/h5-11,13H,1-4H3,(H,20,22)/t13-/m1/s1. The van der Waals surface area contributed by atoms with Crippen LogP contribution in [0, 0.1) is 6.92 Å². The summed E-state index contributed by atoms with van der Waals surface area (Å²) in [5, 5.41) is 3.35. The number of hydrogen-bond donors (Lipinski definition) is 1. The van der Waals surface area contributed by atoms with Crippen LogP contribution in [-0.4, -0.2) is 33.7 Å². The monoisotopic (exact) mass is 396 g/mol. The molecule has 26 heavy (non-hydrogen) atoms. The maximum Gasteiger partial charge on any atom is 0.265 e. The number of aryl methyl sites for hydroxylation is 1. The maximum atomic E-state index is 12.4. The van der Waals surface area contributed by atoms with E-state index in [-0.39, 0.29) is 5.91 Å². The number of benzene rings is 2. The molecular weight excluding hydrogens is 376 g/mol. The number of anilines is 2. The van der Waals surface area contributed by atoms with Crippen LogP contribution in [0.5, 0.6) is 5.75 Å². The number of sulfonamides is 1. The maximum absolute atomic E-state index is 12.4. The molecule has 0 spiro atoms. The molecule has 0 aliphatic carbocycles. The fourth-order valence-electron chi connectivity index (χ4n) is 2.16. The highest BCUT2D eigenvalue weighted by Gasteiger charge is 2.17. The molecule has 1 amide bonds. The predicted molar refractivity (Wildman–Crippen MR) is 105 cm³/mol. The first-order valence-corrected chi connectivity index (χ1v) is 10.1. The van der Waals surface area contributed by atoms with Gasteiger partial charge in [-0.1, -0.05) is 17.7 Å². The molecule has 0 bridgehead atoms. The second-order valence-corrected chi connectivity index (χ2v) is 8.36. The average molecular weight is 397 g/mol. The van der Waals surface area contributed by atoms with Crippen molar-refractivity contribution in [2.45, 2.75) is 20.0 Å². The molecule has 0 heterocycles. The van der Waals surface area contributed by atoms with E-state index in [1.807, 2.05) is 6.92 Å². The second-order valence-electron chi connectivity index (χ2n) is 5.94. The van der Waals surface area contributed by atoms with E-state index >= 15 is 0 Å². The normalized spacial score (nSPS) is 12.3. The van der Waals surface area contributed by atoms with Gasteiger partial charge in [0.2, 0.25) is 10.0 Å². The number of carbonyl (C=O) groups is 1. The van der Waals surface area contributed by atoms with Gasteiger partial charge in [-0.2, -0.15) is 0 Å². The van der Waals surface area contributed by atoms with Crippen molar-refractivity contribution in [2.75, 3.05) is 22.9 Å². The van der Waals surface area contributed by atoms with E-state index in [0.717, 1.165) is 16.1 Å². The summed E-state index contributed by atoms with van der Waals surface area (Å²) in [5.74, 6) is 0.192. The SMILES string of the molecule is Cc1cc(O[C@H](C)C(=O)Nc2cccc(N(C)S(C)(=O)=O)c2)ccc1Cl. The molecular formula is C18H21ClN2O4S. The molecule has 0 saturated heterocycles. The summed E-state index contributed by atoms with van der Waals surface area (Å²) in [6.07, 6.45) is 0.370. The largest absolute Gasteiger partial charge is 0.481 e. The average Bonchev–Trinajstić information content (AvgIpc) is 2.56. The molecule has 1 N–H and O–H groups in total. The zero-order valence-electron chi connectivity index (χ0n) is 15.0. The fourth-order valence-corrected chi connectivity index (χ4v) is 2.78. The molecule has 2 rings (SSSR count). The zero-order valence-corrected chi connectivity index (χ0v) is 16.6. The number of carbonyl (C=O) groups excluding carboxylic acids is 1. The van der Waals surface area contributed by atoms with E-state index in [2.05, 4.69) is 5.32 Å². The Morgan fingerprint density at radius 1 is 1.23 bits per heavy atom. The van der Waals surface area contributed by atoms with Crippen molar-refractivity contribution in [3.8, 4) is 5.75 Å². The van der Waals surface area contributed by atoms with Gasteiger partial charge in [-0.05, 0) is 55.8 Å². The molecule has 0 unspecified atom stereocenters. The Labute approximate surface area is 158 Å². The lowest BCUT2D eigenvalue weighted by Crippen LogP contribution is -2.30. The van der Waals surface area contributed by atoms with E-state index in [9.17, 15) is 13.2 Å². The number of amides is 1. The number of rotatable bonds is 6. The molecule has 0 fully saturated rings. The van der Waals surface area contributed by atoms with Crippen molar-refractivity contribution in [2.24, 2.45) is 0 Å². The molecule has 6 nitrogen and oxygen atoms in total.